The van der Waals surface area contributed by atoms with Crippen LogP contribution in [0.3, 0.4) is 0 Å². The van der Waals surface area contributed by atoms with Crippen LogP contribution in [-0.4, -0.2) is 41.1 Å². The van der Waals surface area contributed by atoms with Gasteiger partial charge in [-0.3, -0.25) is 4.79 Å². The molecule has 1 amide bonds. The van der Waals surface area contributed by atoms with Crippen LogP contribution in [0.15, 0.2) is 43.0 Å². The number of thiophene rings is 1. The molecular weight excluding hydrogens is 298 g/mol. The van der Waals surface area contributed by atoms with E-state index in [9.17, 15) is 4.79 Å². The monoisotopic (exact) mass is 315 g/mol. The summed E-state index contributed by atoms with van der Waals surface area (Å²) in [4.78, 5) is 19.0. The zero-order valence-corrected chi connectivity index (χ0v) is 13.3. The van der Waals surface area contributed by atoms with Crippen molar-refractivity contribution in [3.05, 3.63) is 47.9 Å². The Balaban J connectivity index is 1.73. The topological polar surface area (TPSA) is 47.4 Å². The van der Waals surface area contributed by atoms with E-state index in [1.165, 1.54) is 11.3 Å². The second-order valence-corrected chi connectivity index (χ2v) is 6.13. The normalized spacial score (nSPS) is 10.8. The summed E-state index contributed by atoms with van der Waals surface area (Å²) in [6.07, 6.45) is 5.38. The molecule has 0 saturated heterocycles. The number of nitrogens with zero attached hydrogens (tertiary/aromatic N) is 3. The Labute approximate surface area is 132 Å². The quantitative estimate of drug-likeness (QED) is 0.727. The molecule has 3 aromatic rings. The summed E-state index contributed by atoms with van der Waals surface area (Å²) >= 11 is 1.51. The zero-order valence-electron chi connectivity index (χ0n) is 12.5. The van der Waals surface area contributed by atoms with Crippen LogP contribution in [0.4, 0.5) is 0 Å². The van der Waals surface area contributed by atoms with Crippen LogP contribution >= 0.6 is 11.3 Å². The van der Waals surface area contributed by atoms with Crippen LogP contribution < -0.4 is 4.74 Å². The minimum Gasteiger partial charge on any atom is -0.497 e. The minimum absolute atomic E-state index is 0.0419. The first-order chi connectivity index (χ1) is 10.7. The fourth-order valence-electron chi connectivity index (χ4n) is 2.23. The van der Waals surface area contributed by atoms with Crippen molar-refractivity contribution in [2.75, 3.05) is 20.7 Å². The van der Waals surface area contributed by atoms with E-state index < -0.39 is 0 Å². The highest BCUT2D eigenvalue weighted by molar-refractivity contribution is 7.20. The van der Waals surface area contributed by atoms with Gasteiger partial charge in [0.1, 0.15) is 5.75 Å². The Kier molecular flexibility index (Phi) is 4.11. The maximum absolute atomic E-state index is 12.5. The van der Waals surface area contributed by atoms with Gasteiger partial charge < -0.3 is 14.2 Å². The smallest absolute Gasteiger partial charge is 0.263 e. The van der Waals surface area contributed by atoms with Gasteiger partial charge in [0.05, 0.1) is 18.3 Å². The zero-order chi connectivity index (χ0) is 15.5. The van der Waals surface area contributed by atoms with Crippen molar-refractivity contribution in [1.82, 2.24) is 14.5 Å². The average molecular weight is 315 g/mol. The molecule has 6 heteroatoms. The van der Waals surface area contributed by atoms with Crippen LogP contribution in [-0.2, 0) is 6.54 Å². The van der Waals surface area contributed by atoms with Gasteiger partial charge in [-0.1, -0.05) is 0 Å². The van der Waals surface area contributed by atoms with Crippen LogP contribution in [0.2, 0.25) is 0 Å². The fourth-order valence-corrected chi connectivity index (χ4v) is 3.27. The van der Waals surface area contributed by atoms with Crippen molar-refractivity contribution in [3.63, 3.8) is 0 Å². The molecular formula is C16H17N3O2S. The molecule has 0 aliphatic carbocycles. The lowest BCUT2D eigenvalue weighted by Crippen LogP contribution is -2.29. The van der Waals surface area contributed by atoms with Crippen LogP contribution in [0.25, 0.3) is 10.1 Å². The summed E-state index contributed by atoms with van der Waals surface area (Å²) < 4.78 is 8.27. The van der Waals surface area contributed by atoms with Gasteiger partial charge in [-0.15, -0.1) is 11.3 Å². The van der Waals surface area contributed by atoms with Crippen LogP contribution in [0.5, 0.6) is 5.75 Å². The first-order valence-electron chi connectivity index (χ1n) is 6.96. The number of benzene rings is 1. The van der Waals surface area contributed by atoms with E-state index >= 15 is 0 Å². The van der Waals surface area contributed by atoms with Gasteiger partial charge in [-0.2, -0.15) is 0 Å². The second-order valence-electron chi connectivity index (χ2n) is 5.04. The van der Waals surface area contributed by atoms with Crippen LogP contribution in [0.1, 0.15) is 9.67 Å². The predicted octanol–water partition coefficient (Wildman–Crippen LogP) is 2.88. The molecule has 22 heavy (non-hydrogen) atoms. The molecule has 0 unspecified atom stereocenters. The van der Waals surface area contributed by atoms with E-state index in [0.717, 1.165) is 27.3 Å². The number of carbonyl (C=O) groups is 1. The number of amides is 1. The molecule has 0 radical (unpaired) electrons. The van der Waals surface area contributed by atoms with E-state index in [4.69, 9.17) is 4.74 Å². The number of fused-ring (bicyclic) bond motifs is 1. The molecule has 2 heterocycles. The highest BCUT2D eigenvalue weighted by atomic mass is 32.1. The van der Waals surface area contributed by atoms with Gasteiger partial charge in [-0.25, -0.2) is 4.98 Å². The summed E-state index contributed by atoms with van der Waals surface area (Å²) in [6, 6.07) is 7.78. The number of likely N-dealkylation sites (N-methyl/N-ethyl adjacent to an activating group) is 1. The number of hydrogen-bond donors (Lipinski definition) is 0. The maximum Gasteiger partial charge on any atom is 0.263 e. The van der Waals surface area contributed by atoms with E-state index in [1.807, 2.05) is 42.1 Å². The molecule has 2 aromatic heterocycles. The SMILES string of the molecule is COc1ccc2sc(C(=O)N(C)CCn3ccnc3)cc2c1. The van der Waals surface area contributed by atoms with Gasteiger partial charge in [-0.05, 0) is 29.7 Å². The Morgan fingerprint density at radius 2 is 2.27 bits per heavy atom. The number of imidazole rings is 1. The lowest BCUT2D eigenvalue weighted by Gasteiger charge is -2.16. The third-order valence-electron chi connectivity index (χ3n) is 3.53. The molecule has 0 bridgehead atoms. The maximum atomic E-state index is 12.5. The number of methoxy groups -OCH3 is 1. The highest BCUT2D eigenvalue weighted by Gasteiger charge is 2.15. The molecule has 5 nitrogen and oxygen atoms in total. The van der Waals surface area contributed by atoms with E-state index in [0.29, 0.717) is 6.54 Å². The molecule has 0 fully saturated rings. The lowest BCUT2D eigenvalue weighted by molar-refractivity contribution is 0.0795. The van der Waals surface area contributed by atoms with Crippen molar-refractivity contribution < 1.29 is 9.53 Å². The molecule has 0 atom stereocenters. The van der Waals surface area contributed by atoms with Gasteiger partial charge in [0.25, 0.3) is 5.91 Å². The molecule has 1 aromatic carbocycles. The lowest BCUT2D eigenvalue weighted by atomic mass is 10.2. The third-order valence-corrected chi connectivity index (χ3v) is 4.64. The van der Waals surface area contributed by atoms with Gasteiger partial charge in [0.2, 0.25) is 0 Å². The highest BCUT2D eigenvalue weighted by Crippen LogP contribution is 2.29. The number of carbonyl (C=O) groups excluding carboxylic acids is 1. The Morgan fingerprint density at radius 1 is 1.41 bits per heavy atom. The average Bonchev–Trinajstić information content (AvgIpc) is 3.19. The van der Waals surface area contributed by atoms with Crippen molar-refractivity contribution in [2.45, 2.75) is 6.54 Å². The Hall–Kier alpha value is -2.34. The van der Waals surface area contributed by atoms with Crippen LogP contribution in [0, 0.1) is 0 Å². The Bertz CT molecular complexity index is 780. The molecule has 0 spiro atoms. The molecule has 0 saturated carbocycles. The Morgan fingerprint density at radius 3 is 3.00 bits per heavy atom. The van der Waals surface area contributed by atoms with E-state index in [1.54, 1.807) is 24.5 Å². The summed E-state index contributed by atoms with van der Waals surface area (Å²) in [5, 5.41) is 1.04. The second kappa shape index (κ2) is 6.19. The molecule has 114 valence electrons. The van der Waals surface area contributed by atoms with Crippen molar-refractivity contribution in [3.8, 4) is 5.75 Å². The number of aromatic nitrogens is 2. The number of hydrogen-bond acceptors (Lipinski definition) is 4. The van der Waals surface area contributed by atoms with Gasteiger partial charge in [0, 0.05) is 37.2 Å². The first-order valence-corrected chi connectivity index (χ1v) is 7.78. The molecule has 0 aliphatic heterocycles. The van der Waals surface area contributed by atoms with Crippen molar-refractivity contribution in [1.29, 1.82) is 0 Å². The largest absolute Gasteiger partial charge is 0.497 e. The van der Waals surface area contributed by atoms with Gasteiger partial charge >= 0.3 is 0 Å². The predicted molar refractivity (Wildman–Crippen MR) is 87.6 cm³/mol. The number of rotatable bonds is 5. The first kappa shape index (κ1) is 14.6. The fraction of sp³-hybridized carbons (Fsp3) is 0.250. The minimum atomic E-state index is 0.0419. The van der Waals surface area contributed by atoms with Gasteiger partial charge in [0.15, 0.2) is 0 Å². The van der Waals surface area contributed by atoms with Crippen molar-refractivity contribution >= 4 is 27.3 Å². The standard InChI is InChI=1S/C16H17N3O2S/c1-18(7-8-19-6-5-17-11-19)16(20)15-10-12-9-13(21-2)3-4-14(12)22-15/h3-6,9-11H,7-8H2,1-2H3. The van der Waals surface area contributed by atoms with E-state index in [2.05, 4.69) is 4.98 Å². The summed E-state index contributed by atoms with van der Waals surface area (Å²) in [5.74, 6) is 0.845. The van der Waals surface area contributed by atoms with Crippen molar-refractivity contribution in [2.24, 2.45) is 0 Å². The number of ether oxygens (including phenoxy) is 1. The van der Waals surface area contributed by atoms with E-state index in [-0.39, 0.29) is 5.91 Å². The molecule has 3 rings (SSSR count). The summed E-state index contributed by atoms with van der Waals surface area (Å²) in [5.41, 5.74) is 0. The summed E-state index contributed by atoms with van der Waals surface area (Å²) in [6.45, 7) is 1.38. The third kappa shape index (κ3) is 2.96. The molecule has 0 aliphatic rings. The molecule has 0 N–H and O–H groups in total. The summed E-state index contributed by atoms with van der Waals surface area (Å²) in [7, 11) is 3.47.